The molecule has 0 radical (unpaired) electrons. The minimum absolute atomic E-state index is 0.0286. The van der Waals surface area contributed by atoms with Crippen molar-refractivity contribution in [3.8, 4) is 16.9 Å². The monoisotopic (exact) mass is 604 g/mol. The molecule has 0 atom stereocenters. The summed E-state index contributed by atoms with van der Waals surface area (Å²) in [6.07, 6.45) is 4.13. The zero-order valence-corrected chi connectivity index (χ0v) is 23.5. The number of guanidine groups is 1. The third-order valence-corrected chi connectivity index (χ3v) is 7.14. The number of nitrogens with two attached hydrogens (primary N) is 3. The van der Waals surface area contributed by atoms with Crippen LogP contribution >= 0.6 is 11.8 Å². The first-order valence-electron chi connectivity index (χ1n) is 13.3. The summed E-state index contributed by atoms with van der Waals surface area (Å²) in [6, 6.07) is 11.6. The molecule has 224 valence electrons. The molecule has 2 aromatic carbocycles. The molecule has 4 rings (SSSR count). The minimum atomic E-state index is -4.65. The van der Waals surface area contributed by atoms with Gasteiger partial charge in [0.05, 0.1) is 16.3 Å². The van der Waals surface area contributed by atoms with E-state index >= 15 is 4.39 Å². The lowest BCUT2D eigenvalue weighted by molar-refractivity contribution is -0.0329. The number of aromatic amines is 1. The average molecular weight is 605 g/mol. The molecule has 0 aliphatic rings. The van der Waals surface area contributed by atoms with E-state index in [9.17, 15) is 18.0 Å². The Bertz CT molecular complexity index is 1590. The Labute approximate surface area is 243 Å². The van der Waals surface area contributed by atoms with Gasteiger partial charge in [-0.25, -0.2) is 9.18 Å². The number of rotatable bonds is 13. The Kier molecular flexibility index (Phi) is 10.2. The third-order valence-electron chi connectivity index (χ3n) is 6.39. The number of fused-ring (bicyclic) bond motifs is 1. The van der Waals surface area contributed by atoms with Crippen molar-refractivity contribution in [3.05, 3.63) is 76.1 Å². The van der Waals surface area contributed by atoms with E-state index in [2.05, 4.69) is 20.3 Å². The van der Waals surface area contributed by atoms with Crippen LogP contribution in [-0.2, 0) is 13.0 Å². The molecule has 4 aromatic rings. The van der Waals surface area contributed by atoms with Crippen LogP contribution in [0.1, 0.15) is 30.4 Å². The first kappa shape index (κ1) is 31.1. The van der Waals surface area contributed by atoms with E-state index in [1.165, 1.54) is 16.7 Å². The molecule has 0 unspecified atom stereocenters. The first-order valence-corrected chi connectivity index (χ1v) is 14.1. The lowest BCUT2D eigenvalue weighted by Crippen LogP contribution is -2.23. The summed E-state index contributed by atoms with van der Waals surface area (Å²) in [4.78, 5) is 23.3. The summed E-state index contributed by atoms with van der Waals surface area (Å²) >= 11 is -0.493. The van der Waals surface area contributed by atoms with E-state index in [0.29, 0.717) is 55.5 Å². The molecule has 0 saturated heterocycles. The van der Waals surface area contributed by atoms with Gasteiger partial charge in [-0.15, -0.1) is 0 Å². The number of halogens is 4. The fourth-order valence-electron chi connectivity index (χ4n) is 4.41. The standard InChI is InChI=1S/C28H32F4N8OS/c29-24-21(12-18(4-1-2-9-33)13-23(24)42-28(30,31)32)22-14-19-16-40(27(41)39-25(19)38-22)20-7-5-17(6-8-20)15-36-10-3-11-37-26(34)35/h5-8,12-14,16,36H,1-4,9-11,15,33H2,(H4,34,35,37)(H,38,39,41). The Morgan fingerprint density at radius 2 is 1.83 bits per heavy atom. The smallest absolute Gasteiger partial charge is 0.370 e. The van der Waals surface area contributed by atoms with E-state index in [0.717, 1.165) is 18.5 Å². The second-order valence-corrected chi connectivity index (χ2v) is 10.7. The molecule has 0 bridgehead atoms. The van der Waals surface area contributed by atoms with E-state index in [1.807, 2.05) is 12.1 Å². The third kappa shape index (κ3) is 8.33. The maximum atomic E-state index is 15.4. The summed E-state index contributed by atoms with van der Waals surface area (Å²) in [5.74, 6) is -0.934. The summed E-state index contributed by atoms with van der Waals surface area (Å²) < 4.78 is 56.2. The highest BCUT2D eigenvalue weighted by Crippen LogP contribution is 2.41. The SMILES string of the molecule is NCCCCc1cc(SC(F)(F)F)c(F)c(-c2cc3cn(-c4ccc(CNCCCN=C(N)N)cc4)c(=O)nc3[nH]2)c1. The number of hydrogen-bond acceptors (Lipinski definition) is 6. The van der Waals surface area contributed by atoms with Gasteiger partial charge in [-0.2, -0.15) is 18.2 Å². The van der Waals surface area contributed by atoms with Crippen molar-refractivity contribution in [2.24, 2.45) is 22.2 Å². The summed E-state index contributed by atoms with van der Waals surface area (Å²) in [7, 11) is 0. The Balaban J connectivity index is 1.57. The number of unbranched alkanes of at least 4 members (excludes halogenated alkanes) is 1. The van der Waals surface area contributed by atoms with Crippen LogP contribution in [0, 0.1) is 5.82 Å². The number of nitrogens with zero attached hydrogens (tertiary/aromatic N) is 3. The van der Waals surface area contributed by atoms with Gasteiger partial charge in [-0.3, -0.25) is 9.56 Å². The number of nitrogens with one attached hydrogen (secondary N) is 2. The van der Waals surface area contributed by atoms with Gasteiger partial charge in [0.25, 0.3) is 0 Å². The Morgan fingerprint density at radius 1 is 1.07 bits per heavy atom. The van der Waals surface area contributed by atoms with Crippen LogP contribution in [0.5, 0.6) is 0 Å². The number of aromatic nitrogens is 3. The van der Waals surface area contributed by atoms with Crippen molar-refractivity contribution in [2.45, 2.75) is 42.6 Å². The predicted octanol–water partition coefficient (Wildman–Crippen LogP) is 4.17. The first-order chi connectivity index (χ1) is 20.0. The van der Waals surface area contributed by atoms with Crippen LogP contribution in [0.3, 0.4) is 0 Å². The van der Waals surface area contributed by atoms with Gasteiger partial charge >= 0.3 is 11.2 Å². The zero-order valence-electron chi connectivity index (χ0n) is 22.7. The normalized spacial score (nSPS) is 11.7. The van der Waals surface area contributed by atoms with Gasteiger partial charge in [0.1, 0.15) is 11.5 Å². The predicted molar refractivity (Wildman–Crippen MR) is 158 cm³/mol. The van der Waals surface area contributed by atoms with Crippen LogP contribution in [0.25, 0.3) is 28.0 Å². The molecule has 14 heteroatoms. The summed E-state index contributed by atoms with van der Waals surface area (Å²) in [6.45, 7) is 2.32. The van der Waals surface area contributed by atoms with Crippen LogP contribution in [0.15, 0.2) is 63.3 Å². The van der Waals surface area contributed by atoms with E-state index < -0.39 is 33.7 Å². The molecule has 2 heterocycles. The maximum Gasteiger partial charge on any atom is 0.446 e. The van der Waals surface area contributed by atoms with E-state index in [1.54, 1.807) is 24.4 Å². The molecule has 2 aromatic heterocycles. The van der Waals surface area contributed by atoms with E-state index in [4.69, 9.17) is 17.2 Å². The molecular weight excluding hydrogens is 572 g/mol. The quantitative estimate of drug-likeness (QED) is 0.0505. The number of aliphatic imine (C=N–C) groups is 1. The lowest BCUT2D eigenvalue weighted by atomic mass is 10.0. The van der Waals surface area contributed by atoms with Crippen LogP contribution in [0.2, 0.25) is 0 Å². The largest absolute Gasteiger partial charge is 0.446 e. The highest BCUT2D eigenvalue weighted by molar-refractivity contribution is 8.00. The van der Waals surface area contributed by atoms with Crippen molar-refractivity contribution in [1.82, 2.24) is 19.9 Å². The zero-order chi connectivity index (χ0) is 30.3. The number of benzene rings is 2. The highest BCUT2D eigenvalue weighted by atomic mass is 32.2. The van der Waals surface area contributed by atoms with Gasteiger partial charge in [-0.05, 0) is 92.0 Å². The molecule has 0 fully saturated rings. The van der Waals surface area contributed by atoms with Crippen molar-refractivity contribution in [2.75, 3.05) is 19.6 Å². The van der Waals surface area contributed by atoms with Gasteiger partial charge in [0, 0.05) is 30.2 Å². The number of H-pyrrole nitrogens is 1. The fraction of sp³-hybridized carbons (Fsp3) is 0.321. The van der Waals surface area contributed by atoms with Crippen LogP contribution < -0.4 is 28.2 Å². The van der Waals surface area contributed by atoms with Gasteiger partial charge < -0.3 is 27.5 Å². The highest BCUT2D eigenvalue weighted by Gasteiger charge is 2.32. The molecule has 0 amide bonds. The Hall–Kier alpha value is -3.88. The number of aryl methyl sites for hydroxylation is 1. The minimum Gasteiger partial charge on any atom is -0.370 e. The molecule has 8 N–H and O–H groups in total. The maximum absolute atomic E-state index is 15.4. The fourth-order valence-corrected chi connectivity index (χ4v) is 5.07. The number of alkyl halides is 3. The summed E-state index contributed by atoms with van der Waals surface area (Å²) in [5.41, 5.74) is 13.5. The second kappa shape index (κ2) is 13.9. The molecule has 42 heavy (non-hydrogen) atoms. The van der Waals surface area contributed by atoms with Crippen molar-refractivity contribution < 1.29 is 17.6 Å². The van der Waals surface area contributed by atoms with Gasteiger partial charge in [0.15, 0.2) is 5.96 Å². The lowest BCUT2D eigenvalue weighted by Gasteiger charge is -2.12. The van der Waals surface area contributed by atoms with E-state index in [-0.39, 0.29) is 22.9 Å². The molecule has 0 aliphatic heterocycles. The second-order valence-electron chi connectivity index (χ2n) is 9.63. The topological polar surface area (TPSA) is 153 Å². The molecule has 9 nitrogen and oxygen atoms in total. The molecule has 0 spiro atoms. The van der Waals surface area contributed by atoms with Crippen LogP contribution in [0.4, 0.5) is 17.6 Å². The van der Waals surface area contributed by atoms with Crippen molar-refractivity contribution >= 4 is 28.8 Å². The average Bonchev–Trinajstić information content (AvgIpc) is 3.34. The number of thioether (sulfide) groups is 1. The van der Waals surface area contributed by atoms with Gasteiger partial charge in [-0.1, -0.05) is 12.1 Å². The molecular formula is C28H32F4N8OS. The molecule has 0 saturated carbocycles. The summed E-state index contributed by atoms with van der Waals surface area (Å²) in [5, 5.41) is 3.79. The molecule has 0 aliphatic carbocycles. The number of hydrogen-bond donors (Lipinski definition) is 5. The Morgan fingerprint density at radius 3 is 2.52 bits per heavy atom. The van der Waals surface area contributed by atoms with Crippen molar-refractivity contribution in [3.63, 3.8) is 0 Å². The van der Waals surface area contributed by atoms with Crippen molar-refractivity contribution in [1.29, 1.82) is 0 Å². The van der Waals surface area contributed by atoms with Crippen LogP contribution in [-0.4, -0.2) is 45.6 Å². The van der Waals surface area contributed by atoms with Gasteiger partial charge in [0.2, 0.25) is 0 Å².